The lowest BCUT2D eigenvalue weighted by atomic mass is 10.4. The molecule has 19 heavy (non-hydrogen) atoms. The number of hydrogen-bond acceptors (Lipinski definition) is 6. The Kier molecular flexibility index (Phi) is 3.76. The minimum atomic E-state index is -1.05. The molecule has 2 aromatic rings. The van der Waals surface area contributed by atoms with E-state index in [9.17, 15) is 14.9 Å². The van der Waals surface area contributed by atoms with Gasteiger partial charge in [0.25, 0.3) is 5.69 Å². The van der Waals surface area contributed by atoms with Crippen LogP contribution in [0.3, 0.4) is 0 Å². The number of nitrogens with zero attached hydrogens (tertiary/aromatic N) is 2. The predicted octanol–water partition coefficient (Wildman–Crippen LogP) is 3.30. The van der Waals surface area contributed by atoms with Gasteiger partial charge in [-0.15, -0.1) is 11.3 Å². The van der Waals surface area contributed by atoms with Crippen LogP contribution in [0.1, 0.15) is 9.67 Å². The second-order valence-electron chi connectivity index (χ2n) is 3.29. The van der Waals surface area contributed by atoms with Crippen molar-refractivity contribution >= 4 is 38.9 Å². The maximum Gasteiger partial charge on any atom is 0.346 e. The lowest BCUT2D eigenvalue weighted by Gasteiger charge is -2.03. The topological polar surface area (TPSA) is 103 Å². The summed E-state index contributed by atoms with van der Waals surface area (Å²) < 4.78 is 5.65. The number of halogens is 1. The highest BCUT2D eigenvalue weighted by atomic mass is 79.9. The zero-order valence-corrected chi connectivity index (χ0v) is 11.5. The first kappa shape index (κ1) is 13.4. The smallest absolute Gasteiger partial charge is 0.346 e. The molecular weight excluding hydrogens is 340 g/mol. The van der Waals surface area contributed by atoms with E-state index in [0.29, 0.717) is 10.2 Å². The molecule has 2 aromatic heterocycles. The number of rotatable bonds is 4. The highest BCUT2D eigenvalue weighted by molar-refractivity contribution is 9.10. The van der Waals surface area contributed by atoms with Gasteiger partial charge in [-0.05, 0) is 15.9 Å². The number of nitro groups is 1. The molecule has 2 rings (SSSR count). The van der Waals surface area contributed by atoms with Gasteiger partial charge < -0.3 is 9.84 Å². The van der Waals surface area contributed by atoms with Gasteiger partial charge in [-0.25, -0.2) is 9.78 Å². The molecule has 98 valence electrons. The van der Waals surface area contributed by atoms with Gasteiger partial charge in [0, 0.05) is 17.5 Å². The number of hydrogen-bond donors (Lipinski definition) is 1. The molecular formula is C10H5BrN2O5S. The van der Waals surface area contributed by atoms with Gasteiger partial charge in [-0.2, -0.15) is 0 Å². The summed E-state index contributed by atoms with van der Waals surface area (Å²) in [6.45, 7) is 0. The van der Waals surface area contributed by atoms with Crippen molar-refractivity contribution in [1.29, 1.82) is 0 Å². The molecule has 0 unspecified atom stereocenters. The monoisotopic (exact) mass is 344 g/mol. The minimum absolute atomic E-state index is 0.125. The average molecular weight is 345 g/mol. The van der Waals surface area contributed by atoms with Crippen molar-refractivity contribution in [1.82, 2.24) is 4.98 Å². The fourth-order valence-electron chi connectivity index (χ4n) is 1.19. The van der Waals surface area contributed by atoms with Gasteiger partial charge in [0.15, 0.2) is 0 Å². The molecule has 0 amide bonds. The molecule has 0 saturated heterocycles. The summed E-state index contributed by atoms with van der Waals surface area (Å²) in [5.74, 6) is -0.611. The van der Waals surface area contributed by atoms with Crippen LogP contribution >= 0.6 is 27.3 Å². The van der Waals surface area contributed by atoms with Crippen LogP contribution in [0.5, 0.6) is 11.6 Å². The summed E-state index contributed by atoms with van der Waals surface area (Å²) in [6, 6.07) is 2.61. The first-order chi connectivity index (χ1) is 8.97. The largest absolute Gasteiger partial charge is 0.477 e. The fraction of sp³-hybridized carbons (Fsp3) is 0. The van der Waals surface area contributed by atoms with Crippen LogP contribution in [-0.2, 0) is 0 Å². The summed E-state index contributed by atoms with van der Waals surface area (Å²) in [4.78, 5) is 24.6. The Morgan fingerprint density at radius 1 is 1.53 bits per heavy atom. The van der Waals surface area contributed by atoms with Gasteiger partial charge in [-0.3, -0.25) is 10.1 Å². The second kappa shape index (κ2) is 5.33. The summed E-state index contributed by atoms with van der Waals surface area (Å²) >= 11 is 4.12. The van der Waals surface area contributed by atoms with Crippen molar-refractivity contribution in [3.63, 3.8) is 0 Å². The summed E-state index contributed by atoms with van der Waals surface area (Å²) in [5, 5.41) is 20.8. The number of aromatic nitrogens is 1. The van der Waals surface area contributed by atoms with Gasteiger partial charge in [0.2, 0.25) is 5.88 Å². The lowest BCUT2D eigenvalue weighted by molar-refractivity contribution is -0.385. The Morgan fingerprint density at radius 2 is 2.26 bits per heavy atom. The molecule has 0 aromatic carbocycles. The van der Waals surface area contributed by atoms with Crippen molar-refractivity contribution in [2.45, 2.75) is 0 Å². The average Bonchev–Trinajstić information content (AvgIpc) is 2.80. The zero-order valence-electron chi connectivity index (χ0n) is 9.07. The standard InChI is InChI=1S/C10H5BrN2O5S/c11-7-1-5(13(16)17)3-12-9(7)18-6-2-8(10(14)15)19-4-6/h1-4H,(H,14,15). The quantitative estimate of drug-likeness (QED) is 0.674. The SMILES string of the molecule is O=C(O)c1cc(Oc2ncc([N+](=O)[O-])cc2Br)cs1. The van der Waals surface area contributed by atoms with E-state index in [1.165, 1.54) is 17.5 Å². The fourth-order valence-corrected chi connectivity index (χ4v) is 2.25. The van der Waals surface area contributed by atoms with Crippen molar-refractivity contribution in [2.24, 2.45) is 0 Å². The molecule has 0 fully saturated rings. The second-order valence-corrected chi connectivity index (χ2v) is 5.06. The first-order valence-corrected chi connectivity index (χ1v) is 6.44. The van der Waals surface area contributed by atoms with Gasteiger partial charge >= 0.3 is 5.97 Å². The van der Waals surface area contributed by atoms with E-state index in [0.717, 1.165) is 17.5 Å². The van der Waals surface area contributed by atoms with Gasteiger partial charge in [-0.1, -0.05) is 0 Å². The molecule has 0 spiro atoms. The van der Waals surface area contributed by atoms with Crippen LogP contribution in [0.2, 0.25) is 0 Å². The number of thiophene rings is 1. The van der Waals surface area contributed by atoms with Crippen LogP contribution in [0.15, 0.2) is 28.2 Å². The Labute approximate surface area is 118 Å². The van der Waals surface area contributed by atoms with E-state index in [-0.39, 0.29) is 16.4 Å². The molecule has 0 atom stereocenters. The number of carboxylic acids is 1. The first-order valence-electron chi connectivity index (χ1n) is 4.77. The van der Waals surface area contributed by atoms with Crippen LogP contribution in [-0.4, -0.2) is 21.0 Å². The number of ether oxygens (including phenoxy) is 1. The molecule has 9 heteroatoms. The summed E-state index contributed by atoms with van der Waals surface area (Å²) in [7, 11) is 0. The maximum atomic E-state index is 10.7. The zero-order chi connectivity index (χ0) is 14.0. The van der Waals surface area contributed by atoms with Crippen molar-refractivity contribution in [3.05, 3.63) is 43.2 Å². The molecule has 0 saturated carbocycles. The predicted molar refractivity (Wildman–Crippen MR) is 69.9 cm³/mol. The lowest BCUT2D eigenvalue weighted by Crippen LogP contribution is -1.93. The summed E-state index contributed by atoms with van der Waals surface area (Å²) in [5.41, 5.74) is -0.171. The Hall–Kier alpha value is -2.00. The maximum absolute atomic E-state index is 10.7. The number of carboxylic acid groups (broad SMARTS) is 1. The Bertz CT molecular complexity index is 657. The van der Waals surface area contributed by atoms with E-state index < -0.39 is 10.9 Å². The summed E-state index contributed by atoms with van der Waals surface area (Å²) in [6.07, 6.45) is 1.06. The van der Waals surface area contributed by atoms with E-state index in [1.807, 2.05) is 0 Å². The molecule has 2 heterocycles. The third kappa shape index (κ3) is 3.06. The van der Waals surface area contributed by atoms with Gasteiger partial charge in [0.1, 0.15) is 16.8 Å². The third-order valence-electron chi connectivity index (χ3n) is 2.00. The highest BCUT2D eigenvalue weighted by Crippen LogP contribution is 2.32. The molecule has 7 nitrogen and oxygen atoms in total. The molecule has 0 aliphatic rings. The molecule has 0 aliphatic carbocycles. The van der Waals surface area contributed by atoms with Crippen molar-refractivity contribution in [3.8, 4) is 11.6 Å². The van der Waals surface area contributed by atoms with Gasteiger partial charge in [0.05, 0.1) is 9.40 Å². The number of carbonyl (C=O) groups is 1. The Balaban J connectivity index is 2.23. The van der Waals surface area contributed by atoms with Crippen molar-refractivity contribution in [2.75, 3.05) is 0 Å². The van der Waals surface area contributed by atoms with E-state index in [2.05, 4.69) is 20.9 Å². The highest BCUT2D eigenvalue weighted by Gasteiger charge is 2.14. The number of aromatic carboxylic acids is 1. The Morgan fingerprint density at radius 3 is 2.79 bits per heavy atom. The van der Waals surface area contributed by atoms with Crippen LogP contribution in [0.25, 0.3) is 0 Å². The molecule has 0 bridgehead atoms. The van der Waals surface area contributed by atoms with Crippen molar-refractivity contribution < 1.29 is 19.6 Å². The van der Waals surface area contributed by atoms with Crippen LogP contribution in [0, 0.1) is 10.1 Å². The molecule has 0 aliphatic heterocycles. The van der Waals surface area contributed by atoms with E-state index in [1.54, 1.807) is 0 Å². The van der Waals surface area contributed by atoms with E-state index >= 15 is 0 Å². The number of pyridine rings is 1. The van der Waals surface area contributed by atoms with Crippen LogP contribution < -0.4 is 4.74 Å². The van der Waals surface area contributed by atoms with Crippen LogP contribution in [0.4, 0.5) is 5.69 Å². The van der Waals surface area contributed by atoms with E-state index in [4.69, 9.17) is 9.84 Å². The minimum Gasteiger partial charge on any atom is -0.477 e. The molecule has 1 N–H and O–H groups in total. The normalized spacial score (nSPS) is 10.2. The third-order valence-corrected chi connectivity index (χ3v) is 3.47. The molecule has 0 radical (unpaired) electrons.